The fraction of sp³-hybridized carbons (Fsp3) is 0.0952. The van der Waals surface area contributed by atoms with Crippen molar-refractivity contribution in [2.45, 2.75) is 17.4 Å². The van der Waals surface area contributed by atoms with Crippen molar-refractivity contribution in [1.29, 1.82) is 0 Å². The van der Waals surface area contributed by atoms with Crippen LogP contribution in [-0.2, 0) is 4.79 Å². The summed E-state index contributed by atoms with van der Waals surface area (Å²) in [4.78, 5) is 12.6. The molecule has 5 nitrogen and oxygen atoms in total. The number of hydrogen-bond donors (Lipinski definition) is 1. The van der Waals surface area contributed by atoms with Gasteiger partial charge in [-0.1, -0.05) is 59.8 Å². The molecule has 0 spiro atoms. The summed E-state index contributed by atoms with van der Waals surface area (Å²) in [6.45, 7) is 1.80. The van der Waals surface area contributed by atoms with Crippen molar-refractivity contribution in [3.05, 3.63) is 71.8 Å². The quantitative estimate of drug-likeness (QED) is 0.430. The highest BCUT2D eigenvalue weighted by molar-refractivity contribution is 8.00. The molecular weight excluding hydrogens is 394 g/mol. The first-order valence-electron chi connectivity index (χ1n) is 8.65. The van der Waals surface area contributed by atoms with E-state index >= 15 is 0 Å². The fourth-order valence-corrected chi connectivity index (χ4v) is 3.55. The first kappa shape index (κ1) is 18.5. The zero-order valence-electron chi connectivity index (χ0n) is 14.9. The van der Waals surface area contributed by atoms with E-state index in [2.05, 4.69) is 15.5 Å². The molecule has 0 saturated heterocycles. The van der Waals surface area contributed by atoms with Crippen LogP contribution in [0, 0.1) is 0 Å². The molecule has 4 rings (SSSR count). The lowest BCUT2D eigenvalue weighted by Crippen LogP contribution is -2.22. The number of nitrogens with zero attached hydrogens (tertiary/aromatic N) is 2. The molecule has 0 bridgehead atoms. The van der Waals surface area contributed by atoms with Crippen molar-refractivity contribution in [3.8, 4) is 11.5 Å². The van der Waals surface area contributed by atoms with Crippen LogP contribution >= 0.6 is 23.4 Å². The Balaban J connectivity index is 1.45. The van der Waals surface area contributed by atoms with E-state index in [-0.39, 0.29) is 5.91 Å². The minimum Gasteiger partial charge on any atom is -0.411 e. The summed E-state index contributed by atoms with van der Waals surface area (Å²) in [5, 5.41) is 13.7. The van der Waals surface area contributed by atoms with Gasteiger partial charge in [-0.3, -0.25) is 4.79 Å². The van der Waals surface area contributed by atoms with Crippen molar-refractivity contribution in [2.24, 2.45) is 0 Å². The number of amides is 1. The maximum Gasteiger partial charge on any atom is 0.277 e. The summed E-state index contributed by atoms with van der Waals surface area (Å²) < 4.78 is 5.67. The van der Waals surface area contributed by atoms with Gasteiger partial charge in [-0.05, 0) is 42.6 Å². The van der Waals surface area contributed by atoms with Crippen LogP contribution < -0.4 is 5.32 Å². The number of hydrogen-bond acceptors (Lipinski definition) is 5. The third-order valence-corrected chi connectivity index (χ3v) is 5.38. The first-order chi connectivity index (χ1) is 13.6. The summed E-state index contributed by atoms with van der Waals surface area (Å²) in [6.07, 6.45) is 0. The number of nitrogens with one attached hydrogen (secondary N) is 1. The predicted octanol–water partition coefficient (Wildman–Crippen LogP) is 5.66. The molecule has 140 valence electrons. The second kappa shape index (κ2) is 8.04. The Bertz CT molecular complexity index is 1120. The van der Waals surface area contributed by atoms with E-state index in [1.807, 2.05) is 42.5 Å². The summed E-state index contributed by atoms with van der Waals surface area (Å²) in [5.41, 5.74) is 1.56. The van der Waals surface area contributed by atoms with Crippen LogP contribution in [0.3, 0.4) is 0 Å². The van der Waals surface area contributed by atoms with Crippen molar-refractivity contribution < 1.29 is 9.21 Å². The van der Waals surface area contributed by atoms with Crippen molar-refractivity contribution in [3.63, 3.8) is 0 Å². The Morgan fingerprint density at radius 3 is 2.61 bits per heavy atom. The molecule has 28 heavy (non-hydrogen) atoms. The van der Waals surface area contributed by atoms with E-state index in [0.29, 0.717) is 16.1 Å². The third kappa shape index (κ3) is 4.03. The van der Waals surface area contributed by atoms with Gasteiger partial charge in [-0.25, -0.2) is 0 Å². The molecule has 1 heterocycles. The summed E-state index contributed by atoms with van der Waals surface area (Å²) in [6, 6.07) is 20.9. The van der Waals surface area contributed by atoms with E-state index in [0.717, 1.165) is 22.0 Å². The van der Waals surface area contributed by atoms with Crippen LogP contribution in [0.1, 0.15) is 6.92 Å². The smallest absolute Gasteiger partial charge is 0.277 e. The SMILES string of the molecule is C[C@H](Sc1nnc(-c2ccc(Cl)cc2)o1)C(=O)Nc1cccc2ccccc12. The molecule has 0 unspecified atom stereocenters. The van der Waals surface area contributed by atoms with Gasteiger partial charge >= 0.3 is 0 Å². The lowest BCUT2D eigenvalue weighted by Gasteiger charge is -2.12. The number of halogens is 1. The highest BCUT2D eigenvalue weighted by Gasteiger charge is 2.19. The molecule has 4 aromatic rings. The van der Waals surface area contributed by atoms with Crippen LogP contribution in [0.25, 0.3) is 22.2 Å². The van der Waals surface area contributed by atoms with E-state index < -0.39 is 5.25 Å². The maximum atomic E-state index is 12.6. The Labute approximate surface area is 171 Å². The molecule has 1 aromatic heterocycles. The number of benzene rings is 3. The average Bonchev–Trinajstić information content (AvgIpc) is 3.17. The third-order valence-electron chi connectivity index (χ3n) is 4.19. The maximum absolute atomic E-state index is 12.6. The molecule has 1 N–H and O–H groups in total. The van der Waals surface area contributed by atoms with Gasteiger partial charge in [0.15, 0.2) is 0 Å². The Hall–Kier alpha value is -2.83. The van der Waals surface area contributed by atoms with Crippen LogP contribution in [-0.4, -0.2) is 21.4 Å². The molecule has 0 aliphatic carbocycles. The molecule has 0 radical (unpaired) electrons. The predicted molar refractivity (Wildman–Crippen MR) is 113 cm³/mol. The number of carbonyl (C=O) groups excluding carboxylic acids is 1. The monoisotopic (exact) mass is 409 g/mol. The Morgan fingerprint density at radius 2 is 1.79 bits per heavy atom. The summed E-state index contributed by atoms with van der Waals surface area (Å²) in [5.74, 6) is 0.258. The second-order valence-corrected chi connectivity index (χ2v) is 7.88. The van der Waals surface area contributed by atoms with Crippen molar-refractivity contribution in [2.75, 3.05) is 5.32 Å². The molecule has 0 aliphatic rings. The Kier molecular flexibility index (Phi) is 5.32. The van der Waals surface area contributed by atoms with Crippen LogP contribution in [0.4, 0.5) is 5.69 Å². The van der Waals surface area contributed by atoms with Gasteiger partial charge in [0.2, 0.25) is 11.8 Å². The van der Waals surface area contributed by atoms with Gasteiger partial charge in [0.05, 0.1) is 5.25 Å². The van der Waals surface area contributed by atoms with E-state index in [4.69, 9.17) is 16.0 Å². The van der Waals surface area contributed by atoms with Gasteiger partial charge in [0, 0.05) is 21.7 Å². The molecule has 7 heteroatoms. The first-order valence-corrected chi connectivity index (χ1v) is 9.90. The van der Waals surface area contributed by atoms with Crippen molar-refractivity contribution in [1.82, 2.24) is 10.2 Å². The van der Waals surface area contributed by atoms with Gasteiger partial charge < -0.3 is 9.73 Å². The summed E-state index contributed by atoms with van der Waals surface area (Å²) >= 11 is 7.11. The van der Waals surface area contributed by atoms with Gasteiger partial charge in [-0.2, -0.15) is 0 Å². The number of rotatable bonds is 5. The fourth-order valence-electron chi connectivity index (χ4n) is 2.74. The molecule has 3 aromatic carbocycles. The largest absolute Gasteiger partial charge is 0.411 e. The number of thioether (sulfide) groups is 1. The minimum atomic E-state index is -0.405. The minimum absolute atomic E-state index is 0.132. The zero-order valence-corrected chi connectivity index (χ0v) is 16.5. The van der Waals surface area contributed by atoms with Gasteiger partial charge in [0.25, 0.3) is 5.22 Å². The number of anilines is 1. The van der Waals surface area contributed by atoms with Crippen LogP contribution in [0.15, 0.2) is 76.4 Å². The van der Waals surface area contributed by atoms with Crippen LogP contribution in [0.2, 0.25) is 5.02 Å². The van der Waals surface area contributed by atoms with E-state index in [9.17, 15) is 4.79 Å². The molecule has 0 fully saturated rings. The number of carbonyl (C=O) groups is 1. The standard InChI is InChI=1S/C21H16ClN3O2S/c1-13(19(26)23-18-8-4-6-14-5-2-3-7-17(14)18)28-21-25-24-20(27-21)15-9-11-16(22)12-10-15/h2-13H,1H3,(H,23,26)/t13-/m0/s1. The highest BCUT2D eigenvalue weighted by atomic mass is 35.5. The normalized spacial score (nSPS) is 12.1. The highest BCUT2D eigenvalue weighted by Crippen LogP contribution is 2.28. The Morgan fingerprint density at radius 1 is 1.04 bits per heavy atom. The van der Waals surface area contributed by atoms with Crippen molar-refractivity contribution >= 4 is 45.7 Å². The topological polar surface area (TPSA) is 68.0 Å². The van der Waals surface area contributed by atoms with Crippen LogP contribution in [0.5, 0.6) is 0 Å². The zero-order chi connectivity index (χ0) is 19.5. The molecule has 1 atom stereocenters. The van der Waals surface area contributed by atoms with E-state index in [1.54, 1.807) is 31.2 Å². The molecule has 1 amide bonds. The van der Waals surface area contributed by atoms with Gasteiger partial charge in [-0.15, -0.1) is 10.2 Å². The second-order valence-electron chi connectivity index (χ2n) is 6.16. The molecule has 0 saturated carbocycles. The number of aromatic nitrogens is 2. The molecule has 0 aliphatic heterocycles. The number of fused-ring (bicyclic) bond motifs is 1. The average molecular weight is 410 g/mol. The lowest BCUT2D eigenvalue weighted by atomic mass is 10.1. The summed E-state index contributed by atoms with van der Waals surface area (Å²) in [7, 11) is 0. The van der Waals surface area contributed by atoms with Gasteiger partial charge in [0.1, 0.15) is 0 Å². The van der Waals surface area contributed by atoms with E-state index in [1.165, 1.54) is 11.8 Å². The molecular formula is C21H16ClN3O2S. The lowest BCUT2D eigenvalue weighted by molar-refractivity contribution is -0.115.